The summed E-state index contributed by atoms with van der Waals surface area (Å²) in [5.41, 5.74) is 1.38. The Balaban J connectivity index is 2.91. The molecule has 0 aliphatic carbocycles. The number of carbonyl (C=O) groups excluding carboxylic acids is 2. The summed E-state index contributed by atoms with van der Waals surface area (Å²) in [4.78, 5) is 22.0. The summed E-state index contributed by atoms with van der Waals surface area (Å²) in [5, 5.41) is 0. The Kier molecular flexibility index (Phi) is 2.58. The molecule has 0 aromatic heterocycles. The van der Waals surface area contributed by atoms with Crippen LogP contribution in [-0.2, 0) is 4.79 Å². The third-order valence-corrected chi connectivity index (χ3v) is 1.59. The Morgan fingerprint density at radius 1 is 1.17 bits per heavy atom. The minimum absolute atomic E-state index is 0.609. The lowest BCUT2D eigenvalue weighted by Gasteiger charge is -2.09. The fourth-order valence-electron chi connectivity index (χ4n) is 0.849. The van der Waals surface area contributed by atoms with Crippen molar-refractivity contribution in [3.8, 4) is 0 Å². The molecule has 3 heteroatoms. The van der Waals surface area contributed by atoms with Crippen LogP contribution in [0, 0.1) is 0 Å². The first kappa shape index (κ1) is 8.46. The molecule has 0 N–H and O–H groups in total. The largest absolute Gasteiger partial charge is 0.318 e. The molecule has 0 radical (unpaired) electrons. The van der Waals surface area contributed by atoms with E-state index in [0.717, 1.165) is 18.4 Å². The topological polar surface area (TPSA) is 37.4 Å². The summed E-state index contributed by atoms with van der Waals surface area (Å²) in [6.45, 7) is 0. The van der Waals surface area contributed by atoms with E-state index in [-0.39, 0.29) is 0 Å². The molecular formula is C9H9NO2. The maximum Gasteiger partial charge on any atom is 0.213 e. The highest BCUT2D eigenvalue weighted by molar-refractivity contribution is 5.78. The lowest BCUT2D eigenvalue weighted by molar-refractivity contribution is -0.107. The predicted octanol–water partition coefficient (Wildman–Crippen LogP) is 1.09. The first-order valence-corrected chi connectivity index (χ1v) is 3.51. The number of benzene rings is 1. The van der Waals surface area contributed by atoms with Gasteiger partial charge in [0.1, 0.15) is 6.29 Å². The molecule has 62 valence electrons. The van der Waals surface area contributed by atoms with E-state index in [9.17, 15) is 9.59 Å². The lowest BCUT2D eigenvalue weighted by atomic mass is 10.2. The number of hydrogen-bond acceptors (Lipinski definition) is 2. The first-order chi connectivity index (χ1) is 5.77. The molecule has 12 heavy (non-hydrogen) atoms. The van der Waals surface area contributed by atoms with Gasteiger partial charge in [-0.05, 0) is 24.3 Å². The van der Waals surface area contributed by atoms with E-state index in [1.807, 2.05) is 0 Å². The van der Waals surface area contributed by atoms with Gasteiger partial charge in [-0.1, -0.05) is 0 Å². The van der Waals surface area contributed by atoms with Crippen molar-refractivity contribution in [3.05, 3.63) is 29.8 Å². The Labute approximate surface area is 70.6 Å². The third-order valence-electron chi connectivity index (χ3n) is 1.59. The number of anilines is 1. The van der Waals surface area contributed by atoms with Gasteiger partial charge < -0.3 is 4.90 Å². The van der Waals surface area contributed by atoms with Crippen molar-refractivity contribution < 1.29 is 9.59 Å². The standard InChI is InChI=1S/C9H9NO2/c1-10(7-12)9-4-2-8(6-11)3-5-9/h2-7H,1H3. The Morgan fingerprint density at radius 3 is 2.17 bits per heavy atom. The molecule has 0 unspecified atom stereocenters. The van der Waals surface area contributed by atoms with E-state index in [1.165, 1.54) is 4.90 Å². The van der Waals surface area contributed by atoms with Gasteiger partial charge in [-0.25, -0.2) is 0 Å². The van der Waals surface area contributed by atoms with E-state index < -0.39 is 0 Å². The molecule has 0 spiro atoms. The van der Waals surface area contributed by atoms with Crippen molar-refractivity contribution in [1.29, 1.82) is 0 Å². The van der Waals surface area contributed by atoms with Crippen LogP contribution in [0.15, 0.2) is 24.3 Å². The molecule has 0 bridgehead atoms. The predicted molar refractivity (Wildman–Crippen MR) is 46.3 cm³/mol. The number of aldehydes is 1. The Hall–Kier alpha value is -1.64. The van der Waals surface area contributed by atoms with E-state index in [2.05, 4.69) is 0 Å². The molecule has 0 aliphatic heterocycles. The molecule has 1 aromatic carbocycles. The molecule has 3 nitrogen and oxygen atoms in total. The summed E-state index contributed by atoms with van der Waals surface area (Å²) in [5.74, 6) is 0. The summed E-state index contributed by atoms with van der Waals surface area (Å²) in [6, 6.07) is 6.78. The van der Waals surface area contributed by atoms with Gasteiger partial charge in [-0.15, -0.1) is 0 Å². The van der Waals surface area contributed by atoms with Crippen LogP contribution in [0.2, 0.25) is 0 Å². The second kappa shape index (κ2) is 3.67. The van der Waals surface area contributed by atoms with Crippen molar-refractivity contribution in [2.24, 2.45) is 0 Å². The third kappa shape index (κ3) is 1.69. The van der Waals surface area contributed by atoms with Gasteiger partial charge in [0.15, 0.2) is 0 Å². The van der Waals surface area contributed by atoms with Crippen molar-refractivity contribution in [3.63, 3.8) is 0 Å². The quantitative estimate of drug-likeness (QED) is 0.625. The minimum atomic E-state index is 0.609. The summed E-state index contributed by atoms with van der Waals surface area (Å²) in [7, 11) is 1.66. The molecule has 0 atom stereocenters. The average molecular weight is 163 g/mol. The monoisotopic (exact) mass is 163 g/mol. The van der Waals surface area contributed by atoms with Crippen LogP contribution in [0.5, 0.6) is 0 Å². The number of amides is 1. The number of carbonyl (C=O) groups is 2. The Morgan fingerprint density at radius 2 is 1.75 bits per heavy atom. The zero-order chi connectivity index (χ0) is 8.97. The van der Waals surface area contributed by atoms with Crippen LogP contribution >= 0.6 is 0 Å². The van der Waals surface area contributed by atoms with E-state index in [4.69, 9.17) is 0 Å². The second-order valence-corrected chi connectivity index (χ2v) is 2.43. The Bertz CT molecular complexity index is 279. The van der Waals surface area contributed by atoms with Crippen molar-refractivity contribution in [2.75, 3.05) is 11.9 Å². The number of hydrogen-bond donors (Lipinski definition) is 0. The van der Waals surface area contributed by atoms with Gasteiger partial charge in [-0.2, -0.15) is 0 Å². The highest BCUT2D eigenvalue weighted by Gasteiger charge is 1.96. The summed E-state index contributed by atoms with van der Waals surface area (Å²) in [6.07, 6.45) is 1.49. The molecule has 0 saturated heterocycles. The number of rotatable bonds is 3. The van der Waals surface area contributed by atoms with Crippen LogP contribution in [0.25, 0.3) is 0 Å². The lowest BCUT2D eigenvalue weighted by Crippen LogP contribution is -2.13. The van der Waals surface area contributed by atoms with Gasteiger partial charge in [0, 0.05) is 18.3 Å². The van der Waals surface area contributed by atoms with E-state index >= 15 is 0 Å². The molecule has 1 amide bonds. The van der Waals surface area contributed by atoms with E-state index in [1.54, 1.807) is 31.3 Å². The molecule has 0 aliphatic rings. The zero-order valence-corrected chi connectivity index (χ0v) is 6.73. The SMILES string of the molecule is CN(C=O)c1ccc(C=O)cc1. The maximum atomic E-state index is 10.3. The van der Waals surface area contributed by atoms with Gasteiger partial charge in [0.25, 0.3) is 0 Å². The highest BCUT2D eigenvalue weighted by atomic mass is 16.1. The fraction of sp³-hybridized carbons (Fsp3) is 0.111. The normalized spacial score (nSPS) is 9.08. The van der Waals surface area contributed by atoms with Crippen LogP contribution in [-0.4, -0.2) is 19.7 Å². The molecule has 0 fully saturated rings. The first-order valence-electron chi connectivity index (χ1n) is 3.51. The van der Waals surface area contributed by atoms with Gasteiger partial charge in [0.05, 0.1) is 0 Å². The highest BCUT2D eigenvalue weighted by Crippen LogP contribution is 2.10. The van der Waals surface area contributed by atoms with Gasteiger partial charge in [0.2, 0.25) is 6.41 Å². The van der Waals surface area contributed by atoms with E-state index in [0.29, 0.717) is 5.56 Å². The smallest absolute Gasteiger partial charge is 0.213 e. The van der Waals surface area contributed by atoms with Crippen LogP contribution in [0.3, 0.4) is 0 Å². The summed E-state index contributed by atoms with van der Waals surface area (Å²) < 4.78 is 0. The van der Waals surface area contributed by atoms with Crippen LogP contribution in [0.4, 0.5) is 5.69 Å². The van der Waals surface area contributed by atoms with Crippen molar-refractivity contribution >= 4 is 18.4 Å². The van der Waals surface area contributed by atoms with Crippen molar-refractivity contribution in [2.45, 2.75) is 0 Å². The maximum absolute atomic E-state index is 10.3. The molecule has 1 rings (SSSR count). The molecule has 0 saturated carbocycles. The van der Waals surface area contributed by atoms with Gasteiger partial charge >= 0.3 is 0 Å². The minimum Gasteiger partial charge on any atom is -0.318 e. The molecular weight excluding hydrogens is 154 g/mol. The van der Waals surface area contributed by atoms with Crippen molar-refractivity contribution in [1.82, 2.24) is 0 Å². The fourth-order valence-corrected chi connectivity index (χ4v) is 0.849. The zero-order valence-electron chi connectivity index (χ0n) is 6.73. The van der Waals surface area contributed by atoms with Gasteiger partial charge in [-0.3, -0.25) is 9.59 Å². The molecule has 1 aromatic rings. The number of nitrogens with zero attached hydrogens (tertiary/aromatic N) is 1. The second-order valence-electron chi connectivity index (χ2n) is 2.43. The molecule has 0 heterocycles. The summed E-state index contributed by atoms with van der Waals surface area (Å²) >= 11 is 0. The average Bonchev–Trinajstić information content (AvgIpc) is 2.17. The van der Waals surface area contributed by atoms with Crippen LogP contribution < -0.4 is 4.90 Å². The van der Waals surface area contributed by atoms with Crippen LogP contribution in [0.1, 0.15) is 10.4 Å².